The number of nitrogens with zero attached hydrogens (tertiary/aromatic N) is 2. The van der Waals surface area contributed by atoms with Crippen molar-refractivity contribution >= 4 is 29.9 Å². The van der Waals surface area contributed by atoms with Crippen LogP contribution in [-0.4, -0.2) is 44.8 Å². The van der Waals surface area contributed by atoms with Gasteiger partial charge in [-0.2, -0.15) is 13.2 Å². The standard InChI is InChI=1S/C22H29F3N4O.HI/c1-26-21(28-13-19-6-4-5-7-20(19)14-29(2)3)27-12-17-8-10-18(11-9-17)15-30-16-22(23,24)25;/h4-11H,12-16H2,1-3H3,(H2,26,27,28);1H. The molecule has 0 aliphatic heterocycles. The third-order valence-corrected chi connectivity index (χ3v) is 4.29. The van der Waals surface area contributed by atoms with Gasteiger partial charge in [0, 0.05) is 26.7 Å². The third kappa shape index (κ3) is 10.8. The minimum Gasteiger partial charge on any atom is -0.367 e. The minimum atomic E-state index is -4.31. The summed E-state index contributed by atoms with van der Waals surface area (Å²) in [5.41, 5.74) is 4.15. The smallest absolute Gasteiger partial charge is 0.367 e. The van der Waals surface area contributed by atoms with Crippen molar-refractivity contribution in [3.63, 3.8) is 0 Å². The number of alkyl halides is 3. The first kappa shape index (κ1) is 27.2. The van der Waals surface area contributed by atoms with Gasteiger partial charge in [-0.3, -0.25) is 4.99 Å². The minimum absolute atomic E-state index is 0. The summed E-state index contributed by atoms with van der Waals surface area (Å²) < 4.78 is 41.1. The van der Waals surface area contributed by atoms with E-state index >= 15 is 0 Å². The van der Waals surface area contributed by atoms with Crippen molar-refractivity contribution in [1.82, 2.24) is 15.5 Å². The van der Waals surface area contributed by atoms with Crippen molar-refractivity contribution in [1.29, 1.82) is 0 Å². The average Bonchev–Trinajstić information content (AvgIpc) is 2.69. The first-order chi connectivity index (χ1) is 14.3. The molecule has 0 aliphatic rings. The van der Waals surface area contributed by atoms with Crippen LogP contribution in [0.4, 0.5) is 13.2 Å². The molecule has 2 N–H and O–H groups in total. The van der Waals surface area contributed by atoms with E-state index < -0.39 is 12.8 Å². The van der Waals surface area contributed by atoms with Gasteiger partial charge in [0.15, 0.2) is 5.96 Å². The summed E-state index contributed by atoms with van der Waals surface area (Å²) in [6.07, 6.45) is -4.31. The second-order valence-electron chi connectivity index (χ2n) is 7.21. The molecule has 5 nitrogen and oxygen atoms in total. The summed E-state index contributed by atoms with van der Waals surface area (Å²) in [4.78, 5) is 6.38. The highest BCUT2D eigenvalue weighted by molar-refractivity contribution is 14.0. The predicted octanol–water partition coefficient (Wildman–Crippen LogP) is 4.31. The van der Waals surface area contributed by atoms with Crippen molar-refractivity contribution in [3.05, 3.63) is 70.8 Å². The second-order valence-corrected chi connectivity index (χ2v) is 7.21. The van der Waals surface area contributed by atoms with Crippen molar-refractivity contribution in [2.24, 2.45) is 4.99 Å². The zero-order chi connectivity index (χ0) is 22.0. The lowest BCUT2D eigenvalue weighted by atomic mass is 10.1. The van der Waals surface area contributed by atoms with E-state index in [0.29, 0.717) is 24.6 Å². The molecule has 0 saturated carbocycles. The van der Waals surface area contributed by atoms with Gasteiger partial charge < -0.3 is 20.3 Å². The Hall–Kier alpha value is -1.85. The maximum atomic E-state index is 12.1. The maximum Gasteiger partial charge on any atom is 0.411 e. The highest BCUT2D eigenvalue weighted by Crippen LogP contribution is 2.16. The van der Waals surface area contributed by atoms with Crippen LogP contribution in [0.1, 0.15) is 22.3 Å². The van der Waals surface area contributed by atoms with Crippen molar-refractivity contribution < 1.29 is 17.9 Å². The number of ether oxygens (including phenoxy) is 1. The number of benzene rings is 2. The van der Waals surface area contributed by atoms with Crippen LogP contribution in [0.5, 0.6) is 0 Å². The van der Waals surface area contributed by atoms with Gasteiger partial charge in [-0.1, -0.05) is 48.5 Å². The molecule has 0 aliphatic carbocycles. The van der Waals surface area contributed by atoms with Crippen LogP contribution in [0.25, 0.3) is 0 Å². The van der Waals surface area contributed by atoms with E-state index in [-0.39, 0.29) is 30.6 Å². The summed E-state index contributed by atoms with van der Waals surface area (Å²) in [6, 6.07) is 15.5. The van der Waals surface area contributed by atoms with Crippen molar-refractivity contribution in [2.75, 3.05) is 27.7 Å². The van der Waals surface area contributed by atoms with Crippen LogP contribution in [0.3, 0.4) is 0 Å². The van der Waals surface area contributed by atoms with Gasteiger partial charge in [-0.05, 0) is 36.3 Å². The molecule has 0 unspecified atom stereocenters. The van der Waals surface area contributed by atoms with E-state index in [4.69, 9.17) is 0 Å². The number of rotatable bonds is 9. The number of hydrogen-bond donors (Lipinski definition) is 2. The maximum absolute atomic E-state index is 12.1. The summed E-state index contributed by atoms with van der Waals surface area (Å²) in [5, 5.41) is 6.56. The van der Waals surface area contributed by atoms with Crippen molar-refractivity contribution in [2.45, 2.75) is 32.4 Å². The fourth-order valence-corrected chi connectivity index (χ4v) is 2.85. The molecular weight excluding hydrogens is 520 g/mol. The fourth-order valence-electron chi connectivity index (χ4n) is 2.85. The molecule has 0 spiro atoms. The number of guanidine groups is 1. The molecule has 0 heterocycles. The highest BCUT2D eigenvalue weighted by atomic mass is 127. The molecule has 2 rings (SSSR count). The van der Waals surface area contributed by atoms with Gasteiger partial charge in [-0.25, -0.2) is 0 Å². The van der Waals surface area contributed by atoms with Gasteiger partial charge in [0.25, 0.3) is 0 Å². The summed E-state index contributed by atoms with van der Waals surface area (Å²) in [6.45, 7) is 0.754. The largest absolute Gasteiger partial charge is 0.411 e. The van der Waals surface area contributed by atoms with Crippen molar-refractivity contribution in [3.8, 4) is 0 Å². The monoisotopic (exact) mass is 550 g/mol. The first-order valence-corrected chi connectivity index (χ1v) is 9.65. The van der Waals surface area contributed by atoms with Crippen LogP contribution >= 0.6 is 24.0 Å². The quantitative estimate of drug-likeness (QED) is 0.278. The first-order valence-electron chi connectivity index (χ1n) is 9.65. The average molecular weight is 550 g/mol. The number of hydrogen-bond acceptors (Lipinski definition) is 3. The molecule has 0 amide bonds. The fraction of sp³-hybridized carbons (Fsp3) is 0.409. The van der Waals surface area contributed by atoms with Gasteiger partial charge in [0.1, 0.15) is 6.61 Å². The lowest BCUT2D eigenvalue weighted by Crippen LogP contribution is -2.36. The van der Waals surface area contributed by atoms with Crippen LogP contribution < -0.4 is 10.6 Å². The molecule has 31 heavy (non-hydrogen) atoms. The van der Waals surface area contributed by atoms with E-state index in [9.17, 15) is 13.2 Å². The van der Waals surface area contributed by atoms with Gasteiger partial charge in [0.2, 0.25) is 0 Å². The lowest BCUT2D eigenvalue weighted by Gasteiger charge is -2.16. The Labute approximate surface area is 199 Å². The second kappa shape index (κ2) is 13.5. The number of nitrogens with one attached hydrogen (secondary N) is 2. The zero-order valence-corrected chi connectivity index (χ0v) is 20.3. The zero-order valence-electron chi connectivity index (χ0n) is 18.0. The Balaban J connectivity index is 0.00000480. The van der Waals surface area contributed by atoms with E-state index in [1.54, 1.807) is 19.2 Å². The van der Waals surface area contributed by atoms with Crippen LogP contribution in [0, 0.1) is 0 Å². The molecule has 2 aromatic carbocycles. The molecule has 9 heteroatoms. The van der Waals surface area contributed by atoms with Gasteiger partial charge in [-0.15, -0.1) is 24.0 Å². The van der Waals surface area contributed by atoms with Gasteiger partial charge >= 0.3 is 6.18 Å². The molecule has 172 valence electrons. The number of halogens is 4. The summed E-state index contributed by atoms with van der Waals surface area (Å²) >= 11 is 0. The lowest BCUT2D eigenvalue weighted by molar-refractivity contribution is -0.176. The molecular formula is C22H30F3IN4O. The molecule has 0 bridgehead atoms. The Bertz CT molecular complexity index is 811. The third-order valence-electron chi connectivity index (χ3n) is 4.29. The topological polar surface area (TPSA) is 48.9 Å². The molecule has 0 fully saturated rings. The number of aliphatic imine (C=N–C) groups is 1. The molecule has 2 aromatic rings. The molecule has 0 atom stereocenters. The Morgan fingerprint density at radius 2 is 1.52 bits per heavy atom. The SMILES string of the molecule is CN=C(NCc1ccc(COCC(F)(F)F)cc1)NCc1ccccc1CN(C)C.I. The summed E-state index contributed by atoms with van der Waals surface area (Å²) in [5.74, 6) is 0.673. The van der Waals surface area contributed by atoms with Crippen LogP contribution in [0.2, 0.25) is 0 Å². The van der Waals surface area contributed by atoms with E-state index in [0.717, 1.165) is 12.1 Å². The van der Waals surface area contributed by atoms with E-state index in [1.807, 2.05) is 38.4 Å². The van der Waals surface area contributed by atoms with E-state index in [2.05, 4.69) is 37.4 Å². The summed E-state index contributed by atoms with van der Waals surface area (Å²) in [7, 11) is 5.79. The highest BCUT2D eigenvalue weighted by Gasteiger charge is 2.27. The molecule has 0 saturated heterocycles. The Morgan fingerprint density at radius 3 is 2.10 bits per heavy atom. The van der Waals surface area contributed by atoms with E-state index in [1.165, 1.54) is 11.1 Å². The molecule has 0 aromatic heterocycles. The Kier molecular flexibility index (Phi) is 11.9. The molecule has 0 radical (unpaired) electrons. The normalized spacial score (nSPS) is 11.9. The predicted molar refractivity (Wildman–Crippen MR) is 128 cm³/mol. The van der Waals surface area contributed by atoms with Crippen LogP contribution in [0.15, 0.2) is 53.5 Å². The van der Waals surface area contributed by atoms with Gasteiger partial charge in [0.05, 0.1) is 6.61 Å². The Morgan fingerprint density at radius 1 is 0.935 bits per heavy atom. The van der Waals surface area contributed by atoms with Crippen LogP contribution in [-0.2, 0) is 31.0 Å².